The van der Waals surface area contributed by atoms with Gasteiger partial charge in [-0.2, -0.15) is 0 Å². The van der Waals surface area contributed by atoms with Crippen molar-refractivity contribution in [3.63, 3.8) is 0 Å². The average Bonchev–Trinajstić information content (AvgIpc) is 2.04. The maximum atomic E-state index is 8.86. The molecule has 0 aliphatic heterocycles. The molecule has 0 aromatic carbocycles. The molecule has 2 N–H and O–H groups in total. The molecular formula is C8H15O2. The van der Waals surface area contributed by atoms with Crippen LogP contribution in [0.25, 0.3) is 0 Å². The van der Waals surface area contributed by atoms with Crippen molar-refractivity contribution in [2.24, 2.45) is 5.92 Å². The largest absolute Gasteiger partial charge is 0.396 e. The van der Waals surface area contributed by atoms with E-state index in [2.05, 4.69) is 0 Å². The fourth-order valence-electron chi connectivity index (χ4n) is 1.58. The summed E-state index contributed by atoms with van der Waals surface area (Å²) in [5, 5.41) is 17.7. The van der Waals surface area contributed by atoms with Crippen molar-refractivity contribution in [3.8, 4) is 0 Å². The van der Waals surface area contributed by atoms with Crippen LogP contribution in [-0.2, 0) is 0 Å². The monoisotopic (exact) mass is 143 g/mol. The van der Waals surface area contributed by atoms with Gasteiger partial charge in [-0.3, -0.25) is 0 Å². The Morgan fingerprint density at radius 1 is 1.30 bits per heavy atom. The Hall–Kier alpha value is -0.0800. The lowest BCUT2D eigenvalue weighted by atomic mass is 9.80. The first-order chi connectivity index (χ1) is 4.88. The lowest BCUT2D eigenvalue weighted by Gasteiger charge is -2.27. The maximum absolute atomic E-state index is 8.86. The molecule has 1 atom stereocenters. The Bertz CT molecular complexity index is 81.3. The van der Waals surface area contributed by atoms with Crippen LogP contribution < -0.4 is 0 Å². The van der Waals surface area contributed by atoms with Crippen LogP contribution in [0.4, 0.5) is 0 Å². The highest BCUT2D eigenvalue weighted by atomic mass is 16.3. The van der Waals surface area contributed by atoms with Gasteiger partial charge in [0, 0.05) is 19.1 Å². The van der Waals surface area contributed by atoms with Gasteiger partial charge in [0.25, 0.3) is 0 Å². The molecule has 1 saturated carbocycles. The molecule has 59 valence electrons. The first-order valence-electron chi connectivity index (χ1n) is 3.94. The minimum Gasteiger partial charge on any atom is -0.396 e. The van der Waals surface area contributed by atoms with E-state index < -0.39 is 0 Å². The molecule has 1 unspecified atom stereocenters. The van der Waals surface area contributed by atoms with Crippen molar-refractivity contribution in [2.45, 2.75) is 25.7 Å². The summed E-state index contributed by atoms with van der Waals surface area (Å²) in [5.74, 6) is 1.44. The van der Waals surface area contributed by atoms with Crippen molar-refractivity contribution in [1.29, 1.82) is 0 Å². The topological polar surface area (TPSA) is 40.5 Å². The fraction of sp³-hybridized carbons (Fsp3) is 0.875. The molecule has 0 saturated heterocycles. The molecule has 0 heterocycles. The van der Waals surface area contributed by atoms with E-state index >= 15 is 0 Å². The molecule has 1 fully saturated rings. The summed E-state index contributed by atoms with van der Waals surface area (Å²) in [6.45, 7) is 0.390. The van der Waals surface area contributed by atoms with Crippen LogP contribution in [0.2, 0.25) is 0 Å². The lowest BCUT2D eigenvalue weighted by molar-refractivity contribution is 0.173. The maximum Gasteiger partial charge on any atom is 0.0497 e. The summed E-state index contributed by atoms with van der Waals surface area (Å²) in [5.41, 5.74) is 0. The predicted molar refractivity (Wildman–Crippen MR) is 39.4 cm³/mol. The van der Waals surface area contributed by atoms with E-state index in [-0.39, 0.29) is 13.2 Å². The van der Waals surface area contributed by atoms with E-state index in [1.54, 1.807) is 0 Å². The van der Waals surface area contributed by atoms with Gasteiger partial charge in [-0.25, -0.2) is 0 Å². The molecule has 0 amide bonds. The second-order valence-electron chi connectivity index (χ2n) is 2.94. The Kier molecular flexibility index (Phi) is 3.16. The molecule has 1 radical (unpaired) electrons. The molecule has 0 bridgehead atoms. The van der Waals surface area contributed by atoms with Crippen molar-refractivity contribution in [1.82, 2.24) is 0 Å². The van der Waals surface area contributed by atoms with Gasteiger partial charge < -0.3 is 10.2 Å². The van der Waals surface area contributed by atoms with Crippen molar-refractivity contribution < 1.29 is 10.2 Å². The molecule has 2 nitrogen and oxygen atoms in total. The fourth-order valence-corrected chi connectivity index (χ4v) is 1.58. The van der Waals surface area contributed by atoms with Gasteiger partial charge >= 0.3 is 0 Å². The second kappa shape index (κ2) is 3.94. The zero-order valence-corrected chi connectivity index (χ0v) is 6.21. The number of hydrogen-bond donors (Lipinski definition) is 2. The van der Waals surface area contributed by atoms with E-state index in [0.29, 0.717) is 5.92 Å². The zero-order chi connectivity index (χ0) is 7.40. The molecule has 10 heavy (non-hydrogen) atoms. The standard InChI is InChI=1S/C8H15O2/c9-5-7-3-1-2-4-8(7)6-10/h7,9-10H,1-6H2. The minimum atomic E-state index is 0.172. The first-order valence-corrected chi connectivity index (χ1v) is 3.94. The first kappa shape index (κ1) is 8.02. The van der Waals surface area contributed by atoms with Crippen molar-refractivity contribution >= 4 is 0 Å². The lowest BCUT2D eigenvalue weighted by Crippen LogP contribution is -2.23. The van der Waals surface area contributed by atoms with Crippen LogP contribution in [0, 0.1) is 11.8 Å². The Morgan fingerprint density at radius 3 is 2.60 bits per heavy atom. The highest BCUT2D eigenvalue weighted by Gasteiger charge is 2.23. The van der Waals surface area contributed by atoms with Gasteiger partial charge in [-0.05, 0) is 18.8 Å². The number of aliphatic hydroxyl groups is 2. The van der Waals surface area contributed by atoms with E-state index in [1.165, 1.54) is 12.8 Å². The molecule has 0 aromatic rings. The van der Waals surface area contributed by atoms with Crippen molar-refractivity contribution in [3.05, 3.63) is 5.92 Å². The van der Waals surface area contributed by atoms with Crippen molar-refractivity contribution in [2.75, 3.05) is 13.2 Å². The molecule has 1 aliphatic rings. The molecule has 1 aliphatic carbocycles. The third-order valence-electron chi connectivity index (χ3n) is 2.30. The SMILES string of the molecule is OC[C]1CCCCC1CO. The number of aliphatic hydroxyl groups excluding tert-OH is 2. The summed E-state index contributed by atoms with van der Waals surface area (Å²) in [4.78, 5) is 0. The summed E-state index contributed by atoms with van der Waals surface area (Å²) in [7, 11) is 0. The molecule has 2 heteroatoms. The smallest absolute Gasteiger partial charge is 0.0497 e. The Morgan fingerprint density at radius 2 is 2.10 bits per heavy atom. The highest BCUT2D eigenvalue weighted by Crippen LogP contribution is 2.30. The van der Waals surface area contributed by atoms with E-state index in [0.717, 1.165) is 18.8 Å². The molecule has 0 aromatic heterocycles. The van der Waals surface area contributed by atoms with Gasteiger partial charge in [0.15, 0.2) is 0 Å². The van der Waals surface area contributed by atoms with Crippen LogP contribution in [-0.4, -0.2) is 23.4 Å². The molecule has 0 spiro atoms. The van der Waals surface area contributed by atoms with E-state index in [4.69, 9.17) is 10.2 Å². The van der Waals surface area contributed by atoms with Crippen LogP contribution in [0.1, 0.15) is 25.7 Å². The summed E-state index contributed by atoms with van der Waals surface area (Å²) < 4.78 is 0. The number of hydrogen-bond acceptors (Lipinski definition) is 2. The average molecular weight is 143 g/mol. The second-order valence-corrected chi connectivity index (χ2v) is 2.94. The van der Waals surface area contributed by atoms with Crippen LogP contribution in [0.3, 0.4) is 0 Å². The minimum absolute atomic E-state index is 0.172. The van der Waals surface area contributed by atoms with E-state index in [9.17, 15) is 0 Å². The quantitative estimate of drug-likeness (QED) is 0.598. The van der Waals surface area contributed by atoms with Gasteiger partial charge in [0.1, 0.15) is 0 Å². The summed E-state index contributed by atoms with van der Waals surface area (Å²) >= 11 is 0. The predicted octanol–water partition coefficient (Wildman–Crippen LogP) is 0.736. The molecule has 1 rings (SSSR count). The van der Waals surface area contributed by atoms with Crippen LogP contribution in [0.5, 0.6) is 0 Å². The van der Waals surface area contributed by atoms with Gasteiger partial charge in [-0.1, -0.05) is 12.8 Å². The third kappa shape index (κ3) is 1.70. The summed E-state index contributed by atoms with van der Waals surface area (Å²) in [6.07, 6.45) is 4.47. The Balaban J connectivity index is 2.34. The van der Waals surface area contributed by atoms with Crippen LogP contribution >= 0.6 is 0 Å². The van der Waals surface area contributed by atoms with E-state index in [1.807, 2.05) is 0 Å². The van der Waals surface area contributed by atoms with Crippen LogP contribution in [0.15, 0.2) is 0 Å². The van der Waals surface area contributed by atoms with Gasteiger partial charge in [0.05, 0.1) is 0 Å². The highest BCUT2D eigenvalue weighted by molar-refractivity contribution is 4.98. The third-order valence-corrected chi connectivity index (χ3v) is 2.30. The molecular weight excluding hydrogens is 128 g/mol. The van der Waals surface area contributed by atoms with Gasteiger partial charge in [-0.15, -0.1) is 0 Å². The zero-order valence-electron chi connectivity index (χ0n) is 6.21. The summed E-state index contributed by atoms with van der Waals surface area (Å²) in [6, 6.07) is 0. The number of rotatable bonds is 2. The Labute approximate surface area is 61.9 Å². The van der Waals surface area contributed by atoms with Gasteiger partial charge in [0.2, 0.25) is 0 Å². The normalized spacial score (nSPS) is 28.8.